The highest BCUT2D eigenvalue weighted by atomic mass is 127. The summed E-state index contributed by atoms with van der Waals surface area (Å²) in [7, 11) is 0. The van der Waals surface area contributed by atoms with Crippen LogP contribution in [0, 0.1) is 0 Å². The third-order valence-electron chi connectivity index (χ3n) is 0.815. The quantitative estimate of drug-likeness (QED) is 0.525. The number of hydrogen-bond acceptors (Lipinski definition) is 1. The minimum atomic E-state index is 0.222. The molecule has 0 atom stereocenters. The SMILES string of the molecule is SCC1=IC=CC=C1. The molecule has 0 radical (unpaired) electrons. The largest absolute Gasteiger partial charge is 0.174 e. The average molecular weight is 238 g/mol. The van der Waals surface area contributed by atoms with Gasteiger partial charge in [-0.2, -0.15) is 12.6 Å². The second kappa shape index (κ2) is 3.45. The van der Waals surface area contributed by atoms with Crippen molar-refractivity contribution < 1.29 is 0 Å². The van der Waals surface area contributed by atoms with Crippen molar-refractivity contribution in [3.05, 3.63) is 22.3 Å². The van der Waals surface area contributed by atoms with Crippen molar-refractivity contribution in [1.82, 2.24) is 0 Å². The minimum Gasteiger partial charge on any atom is -0.174 e. The smallest absolute Gasteiger partial charge is 0.0208 e. The van der Waals surface area contributed by atoms with Crippen LogP contribution in [0.2, 0.25) is 0 Å². The van der Waals surface area contributed by atoms with Crippen molar-refractivity contribution in [2.45, 2.75) is 0 Å². The Bertz CT molecular complexity index is 156. The first-order valence-corrected chi connectivity index (χ1v) is 5.32. The molecule has 0 spiro atoms. The maximum Gasteiger partial charge on any atom is 0.0208 e. The highest BCUT2D eigenvalue weighted by molar-refractivity contribution is 14.2. The summed E-state index contributed by atoms with van der Waals surface area (Å²) in [5.74, 6) is 0.939. The molecule has 0 bridgehead atoms. The molecule has 0 aromatic rings. The van der Waals surface area contributed by atoms with Crippen molar-refractivity contribution in [1.29, 1.82) is 0 Å². The van der Waals surface area contributed by atoms with Crippen LogP contribution < -0.4 is 0 Å². The van der Waals surface area contributed by atoms with E-state index in [1.165, 1.54) is 3.51 Å². The first kappa shape index (κ1) is 6.55. The molecule has 0 amide bonds. The van der Waals surface area contributed by atoms with E-state index in [0.29, 0.717) is 0 Å². The van der Waals surface area contributed by atoms with Gasteiger partial charge >= 0.3 is 0 Å². The van der Waals surface area contributed by atoms with E-state index in [1.54, 1.807) is 0 Å². The molecule has 0 aliphatic carbocycles. The first-order valence-electron chi connectivity index (χ1n) is 2.37. The molecule has 44 valence electrons. The van der Waals surface area contributed by atoms with Gasteiger partial charge in [0.15, 0.2) is 0 Å². The summed E-state index contributed by atoms with van der Waals surface area (Å²) in [6.07, 6.45) is 6.36. The maximum atomic E-state index is 4.17. The molecular weight excluding hydrogens is 231 g/mol. The molecule has 1 aliphatic heterocycles. The topological polar surface area (TPSA) is 0 Å². The molecule has 0 saturated heterocycles. The Kier molecular flexibility index (Phi) is 2.83. The average Bonchev–Trinajstić information content (AvgIpc) is 1.90. The lowest BCUT2D eigenvalue weighted by Crippen LogP contribution is -1.89. The molecule has 1 rings (SSSR count). The van der Waals surface area contributed by atoms with Crippen molar-refractivity contribution in [2.24, 2.45) is 0 Å². The molecule has 2 heteroatoms. The van der Waals surface area contributed by atoms with E-state index in [2.05, 4.69) is 34.9 Å². The second-order valence-electron chi connectivity index (χ2n) is 1.39. The number of thiol groups is 1. The van der Waals surface area contributed by atoms with Gasteiger partial charge in [0, 0.05) is 5.75 Å². The molecule has 1 aliphatic rings. The fourth-order valence-corrected chi connectivity index (χ4v) is 2.53. The molecule has 0 fully saturated rings. The van der Waals surface area contributed by atoms with Crippen molar-refractivity contribution >= 4 is 36.9 Å². The van der Waals surface area contributed by atoms with E-state index in [0.717, 1.165) is 5.75 Å². The zero-order valence-electron chi connectivity index (χ0n) is 4.34. The molecule has 1 heterocycles. The third-order valence-corrected chi connectivity index (χ3v) is 4.07. The van der Waals surface area contributed by atoms with E-state index < -0.39 is 0 Å². The maximum absolute atomic E-state index is 4.17. The molecule has 0 aromatic carbocycles. The van der Waals surface area contributed by atoms with E-state index in [4.69, 9.17) is 0 Å². The fraction of sp³-hybridized carbons (Fsp3) is 0.167. The number of rotatable bonds is 1. The van der Waals surface area contributed by atoms with Crippen LogP contribution in [0.5, 0.6) is 0 Å². The van der Waals surface area contributed by atoms with Gasteiger partial charge in [0.2, 0.25) is 0 Å². The van der Waals surface area contributed by atoms with Gasteiger partial charge < -0.3 is 0 Å². The van der Waals surface area contributed by atoms with Gasteiger partial charge in [0.05, 0.1) is 0 Å². The van der Waals surface area contributed by atoms with Gasteiger partial charge in [0.1, 0.15) is 0 Å². The van der Waals surface area contributed by atoms with Gasteiger partial charge in [-0.3, -0.25) is 0 Å². The Morgan fingerprint density at radius 1 is 1.50 bits per heavy atom. The monoisotopic (exact) mass is 238 g/mol. The summed E-state index contributed by atoms with van der Waals surface area (Å²) in [5.41, 5.74) is 0. The number of halogens is 1. The number of hydrogen-bond donors (Lipinski definition) is 1. The van der Waals surface area contributed by atoms with Crippen molar-refractivity contribution in [3.63, 3.8) is 0 Å². The highest BCUT2D eigenvalue weighted by Gasteiger charge is 1.87. The van der Waals surface area contributed by atoms with Crippen LogP contribution >= 0.6 is 33.4 Å². The standard InChI is InChI=1S/C6H7IS/c8-5-6-3-1-2-4-7-6/h1-4,8H,5H2. The lowest BCUT2D eigenvalue weighted by atomic mass is 10.4. The highest BCUT2D eigenvalue weighted by Crippen LogP contribution is 2.09. The Hall–Kier alpha value is 0.430. The minimum absolute atomic E-state index is 0.222. The molecule has 8 heavy (non-hydrogen) atoms. The first-order chi connectivity index (χ1) is 3.93. The molecule has 0 aromatic heterocycles. The van der Waals surface area contributed by atoms with Gasteiger partial charge in [-0.05, 0) is 7.59 Å². The predicted octanol–water partition coefficient (Wildman–Crippen LogP) is 2.14. The van der Waals surface area contributed by atoms with Crippen LogP contribution in [-0.2, 0) is 0 Å². The summed E-state index contributed by atoms with van der Waals surface area (Å²) in [6, 6.07) is 0. The van der Waals surface area contributed by atoms with Crippen molar-refractivity contribution in [2.75, 3.05) is 5.75 Å². The normalized spacial score (nSPS) is 17.4. The van der Waals surface area contributed by atoms with Crippen LogP contribution in [0.15, 0.2) is 22.3 Å². The fourth-order valence-electron chi connectivity index (χ4n) is 0.443. The Balaban J connectivity index is 2.68. The van der Waals surface area contributed by atoms with Gasteiger partial charge in [-0.25, -0.2) is 0 Å². The third kappa shape index (κ3) is 1.74. The molecule has 0 unspecified atom stereocenters. The summed E-state index contributed by atoms with van der Waals surface area (Å²) < 4.78 is 3.76. The summed E-state index contributed by atoms with van der Waals surface area (Å²) in [5, 5.41) is 0. The zero-order valence-corrected chi connectivity index (χ0v) is 7.39. The van der Waals surface area contributed by atoms with E-state index >= 15 is 0 Å². The Morgan fingerprint density at radius 3 is 2.75 bits per heavy atom. The Morgan fingerprint density at radius 2 is 2.38 bits per heavy atom. The summed E-state index contributed by atoms with van der Waals surface area (Å²) in [4.78, 5) is 0. The van der Waals surface area contributed by atoms with Gasteiger partial charge in [-0.1, -0.05) is 39.0 Å². The molecular formula is C6H7IS. The molecule has 0 saturated carbocycles. The molecule has 0 N–H and O–H groups in total. The van der Waals surface area contributed by atoms with Crippen LogP contribution in [0.1, 0.15) is 0 Å². The summed E-state index contributed by atoms with van der Waals surface area (Å²) in [6.45, 7) is 0. The van der Waals surface area contributed by atoms with E-state index in [1.807, 2.05) is 0 Å². The van der Waals surface area contributed by atoms with E-state index in [9.17, 15) is 0 Å². The van der Waals surface area contributed by atoms with Crippen LogP contribution in [0.3, 0.4) is 0 Å². The van der Waals surface area contributed by atoms with Gasteiger partial charge in [0.25, 0.3) is 0 Å². The predicted molar refractivity (Wildman–Crippen MR) is 51.2 cm³/mol. The lowest BCUT2D eigenvalue weighted by molar-refractivity contribution is 1.98. The van der Waals surface area contributed by atoms with Crippen LogP contribution in [0.25, 0.3) is 0 Å². The van der Waals surface area contributed by atoms with Crippen LogP contribution in [-0.4, -0.2) is 9.26 Å². The second-order valence-corrected chi connectivity index (χ2v) is 4.44. The van der Waals surface area contributed by atoms with E-state index in [-0.39, 0.29) is 20.7 Å². The van der Waals surface area contributed by atoms with Crippen LogP contribution in [0.4, 0.5) is 0 Å². The van der Waals surface area contributed by atoms with Crippen molar-refractivity contribution in [3.8, 4) is 0 Å². The summed E-state index contributed by atoms with van der Waals surface area (Å²) >= 11 is 4.39. The number of allylic oxidation sites excluding steroid dienone is 3. The Labute approximate surface area is 64.8 Å². The van der Waals surface area contributed by atoms with Gasteiger partial charge in [-0.15, -0.1) is 0 Å². The lowest BCUT2D eigenvalue weighted by Gasteiger charge is -1.93. The molecule has 0 nitrogen and oxygen atoms in total. The zero-order chi connectivity index (χ0) is 5.82.